The van der Waals surface area contributed by atoms with E-state index < -0.39 is 6.04 Å². The molecule has 30 heavy (non-hydrogen) atoms. The molecule has 3 aromatic rings. The SMILES string of the molecule is CNC(=O)[C@H]1Cc2ccccc2CN1C(=O)C[C@H](c1ccc(Cl)cc1)n1cccc1. The summed E-state index contributed by atoms with van der Waals surface area (Å²) in [5, 5.41) is 3.37. The lowest BCUT2D eigenvalue weighted by atomic mass is 9.92. The number of carbonyl (C=O) groups excluding carboxylic acids is 2. The van der Waals surface area contributed by atoms with Crippen molar-refractivity contribution in [2.45, 2.75) is 31.5 Å². The number of benzene rings is 2. The fraction of sp³-hybridized carbons (Fsp3) is 0.250. The molecule has 4 rings (SSSR count). The van der Waals surface area contributed by atoms with Crippen molar-refractivity contribution in [3.63, 3.8) is 0 Å². The quantitative estimate of drug-likeness (QED) is 0.680. The third-order valence-corrected chi connectivity index (χ3v) is 5.98. The average molecular weight is 422 g/mol. The zero-order chi connectivity index (χ0) is 21.1. The van der Waals surface area contributed by atoms with Crippen LogP contribution in [0.2, 0.25) is 5.02 Å². The van der Waals surface area contributed by atoms with E-state index in [-0.39, 0.29) is 24.3 Å². The number of likely N-dealkylation sites (N-methyl/N-ethyl adjacent to an activating group) is 1. The van der Waals surface area contributed by atoms with Gasteiger partial charge in [0.1, 0.15) is 6.04 Å². The lowest BCUT2D eigenvalue weighted by Gasteiger charge is -2.36. The molecule has 2 heterocycles. The van der Waals surface area contributed by atoms with E-state index >= 15 is 0 Å². The Labute approximate surface area is 181 Å². The van der Waals surface area contributed by atoms with Crippen molar-refractivity contribution >= 4 is 23.4 Å². The molecule has 154 valence electrons. The molecule has 1 N–H and O–H groups in total. The van der Waals surface area contributed by atoms with Gasteiger partial charge in [-0.3, -0.25) is 9.59 Å². The van der Waals surface area contributed by atoms with Gasteiger partial charge in [-0.1, -0.05) is 48.0 Å². The molecule has 0 radical (unpaired) electrons. The van der Waals surface area contributed by atoms with E-state index in [0.29, 0.717) is 18.0 Å². The lowest BCUT2D eigenvalue weighted by molar-refractivity contribution is -0.142. The number of rotatable bonds is 5. The smallest absolute Gasteiger partial charge is 0.242 e. The number of nitrogens with zero attached hydrogens (tertiary/aromatic N) is 2. The first kappa shape index (κ1) is 20.2. The van der Waals surface area contributed by atoms with Crippen LogP contribution < -0.4 is 5.32 Å². The predicted octanol–water partition coefficient (Wildman–Crippen LogP) is 3.82. The summed E-state index contributed by atoms with van der Waals surface area (Å²) >= 11 is 6.06. The van der Waals surface area contributed by atoms with Crippen molar-refractivity contribution in [1.29, 1.82) is 0 Å². The maximum absolute atomic E-state index is 13.5. The first-order chi connectivity index (χ1) is 14.6. The van der Waals surface area contributed by atoms with E-state index in [0.717, 1.165) is 16.7 Å². The molecule has 0 bridgehead atoms. The minimum atomic E-state index is -0.507. The lowest BCUT2D eigenvalue weighted by Crippen LogP contribution is -2.52. The summed E-state index contributed by atoms with van der Waals surface area (Å²) in [5.74, 6) is -0.186. The van der Waals surface area contributed by atoms with Gasteiger partial charge in [0.05, 0.1) is 12.5 Å². The number of amides is 2. The molecule has 0 unspecified atom stereocenters. The van der Waals surface area contributed by atoms with Crippen LogP contribution in [0.3, 0.4) is 0 Å². The minimum Gasteiger partial charge on any atom is -0.357 e. The van der Waals surface area contributed by atoms with E-state index in [1.165, 1.54) is 0 Å². The van der Waals surface area contributed by atoms with Gasteiger partial charge in [-0.15, -0.1) is 0 Å². The molecule has 0 saturated heterocycles. The Hall–Kier alpha value is -3.05. The summed E-state index contributed by atoms with van der Waals surface area (Å²) in [7, 11) is 1.61. The molecule has 0 fully saturated rings. The first-order valence-corrected chi connectivity index (χ1v) is 10.4. The van der Waals surface area contributed by atoms with Gasteiger partial charge < -0.3 is 14.8 Å². The van der Waals surface area contributed by atoms with Gasteiger partial charge in [0.15, 0.2) is 0 Å². The Kier molecular flexibility index (Phi) is 5.91. The number of halogens is 1. The fourth-order valence-corrected chi connectivity index (χ4v) is 4.23. The summed E-state index contributed by atoms with van der Waals surface area (Å²) in [5.41, 5.74) is 3.21. The third kappa shape index (κ3) is 4.12. The maximum Gasteiger partial charge on any atom is 0.242 e. The van der Waals surface area contributed by atoms with Crippen LogP contribution >= 0.6 is 11.6 Å². The molecule has 1 aliphatic rings. The molecule has 0 spiro atoms. The van der Waals surface area contributed by atoms with Gasteiger partial charge >= 0.3 is 0 Å². The largest absolute Gasteiger partial charge is 0.357 e. The highest BCUT2D eigenvalue weighted by Gasteiger charge is 2.35. The Morgan fingerprint density at radius 1 is 1.03 bits per heavy atom. The summed E-state index contributed by atoms with van der Waals surface area (Å²) in [4.78, 5) is 27.8. The fourth-order valence-electron chi connectivity index (χ4n) is 4.10. The highest BCUT2D eigenvalue weighted by Crippen LogP contribution is 2.29. The number of aromatic nitrogens is 1. The third-order valence-electron chi connectivity index (χ3n) is 5.73. The van der Waals surface area contributed by atoms with E-state index in [4.69, 9.17) is 11.6 Å². The summed E-state index contributed by atoms with van der Waals surface area (Å²) < 4.78 is 2.02. The predicted molar refractivity (Wildman–Crippen MR) is 117 cm³/mol. The molecule has 5 nitrogen and oxygen atoms in total. The number of nitrogens with one attached hydrogen (secondary N) is 1. The normalized spacial score (nSPS) is 16.6. The van der Waals surface area contributed by atoms with Crippen LogP contribution in [-0.4, -0.2) is 34.4 Å². The van der Waals surface area contributed by atoms with Crippen LogP contribution in [0.25, 0.3) is 0 Å². The van der Waals surface area contributed by atoms with Crippen LogP contribution in [0.1, 0.15) is 29.2 Å². The molecule has 0 saturated carbocycles. The first-order valence-electron chi connectivity index (χ1n) is 10.0. The van der Waals surface area contributed by atoms with Gasteiger partial charge in [-0.25, -0.2) is 0 Å². The van der Waals surface area contributed by atoms with Crippen molar-refractivity contribution in [3.05, 3.63) is 94.8 Å². The van der Waals surface area contributed by atoms with E-state index in [2.05, 4.69) is 5.32 Å². The van der Waals surface area contributed by atoms with Crippen LogP contribution in [0, 0.1) is 0 Å². The average Bonchev–Trinajstić information content (AvgIpc) is 3.31. The van der Waals surface area contributed by atoms with E-state index in [1.807, 2.05) is 77.6 Å². The molecule has 2 atom stereocenters. The number of hydrogen-bond donors (Lipinski definition) is 1. The topological polar surface area (TPSA) is 54.3 Å². The number of fused-ring (bicyclic) bond motifs is 1. The van der Waals surface area contributed by atoms with Crippen molar-refractivity contribution in [3.8, 4) is 0 Å². The Bertz CT molecular complexity index is 1030. The van der Waals surface area contributed by atoms with Crippen molar-refractivity contribution < 1.29 is 9.59 Å². The summed E-state index contributed by atoms with van der Waals surface area (Å²) in [6.45, 7) is 0.437. The zero-order valence-electron chi connectivity index (χ0n) is 16.8. The molecular weight excluding hydrogens is 398 g/mol. The Balaban J connectivity index is 1.63. The van der Waals surface area contributed by atoms with Crippen molar-refractivity contribution in [2.24, 2.45) is 0 Å². The van der Waals surface area contributed by atoms with E-state index in [9.17, 15) is 9.59 Å². The molecule has 0 aliphatic carbocycles. The molecular formula is C24H24ClN3O2. The van der Waals surface area contributed by atoms with Crippen LogP contribution in [0.4, 0.5) is 0 Å². The highest BCUT2D eigenvalue weighted by molar-refractivity contribution is 6.30. The van der Waals surface area contributed by atoms with Crippen molar-refractivity contribution in [1.82, 2.24) is 14.8 Å². The molecule has 2 amide bonds. The van der Waals surface area contributed by atoms with Crippen LogP contribution in [0.5, 0.6) is 0 Å². The number of hydrogen-bond acceptors (Lipinski definition) is 2. The van der Waals surface area contributed by atoms with Gasteiger partial charge in [0.2, 0.25) is 11.8 Å². The molecule has 2 aromatic carbocycles. The molecule has 1 aliphatic heterocycles. The van der Waals surface area contributed by atoms with Crippen LogP contribution in [-0.2, 0) is 22.6 Å². The highest BCUT2D eigenvalue weighted by atomic mass is 35.5. The Morgan fingerprint density at radius 3 is 2.37 bits per heavy atom. The second-order valence-electron chi connectivity index (χ2n) is 7.53. The van der Waals surface area contributed by atoms with Gasteiger partial charge in [-0.2, -0.15) is 0 Å². The minimum absolute atomic E-state index is 0.0493. The van der Waals surface area contributed by atoms with Gasteiger partial charge in [-0.05, 0) is 41.0 Å². The monoisotopic (exact) mass is 421 g/mol. The maximum atomic E-state index is 13.5. The van der Waals surface area contributed by atoms with Crippen molar-refractivity contribution in [2.75, 3.05) is 7.05 Å². The standard InChI is InChI=1S/C24H24ClN3O2/c1-26-24(30)22-14-18-6-2-3-7-19(18)16-28(22)23(29)15-21(27-12-4-5-13-27)17-8-10-20(25)11-9-17/h2-13,21-22H,14-16H2,1H3,(H,26,30)/t21-,22-/m1/s1. The second kappa shape index (κ2) is 8.76. The van der Waals surface area contributed by atoms with Gasteiger partial charge in [0, 0.05) is 37.4 Å². The van der Waals surface area contributed by atoms with E-state index in [1.54, 1.807) is 11.9 Å². The summed E-state index contributed by atoms with van der Waals surface area (Å²) in [6.07, 6.45) is 4.69. The van der Waals surface area contributed by atoms with Gasteiger partial charge in [0.25, 0.3) is 0 Å². The zero-order valence-corrected chi connectivity index (χ0v) is 17.5. The molecule has 1 aromatic heterocycles. The second-order valence-corrected chi connectivity index (χ2v) is 7.96. The van der Waals surface area contributed by atoms with Crippen LogP contribution in [0.15, 0.2) is 73.1 Å². The summed E-state index contributed by atoms with van der Waals surface area (Å²) in [6, 6.07) is 18.8. The number of carbonyl (C=O) groups is 2. The Morgan fingerprint density at radius 2 is 1.70 bits per heavy atom. The molecule has 6 heteroatoms.